The number of rotatable bonds is 5. The summed E-state index contributed by atoms with van der Waals surface area (Å²) in [6.07, 6.45) is -4.87. The molecule has 2 aromatic rings. The average Bonchev–Trinajstić information content (AvgIpc) is 2.53. The normalized spacial score (nSPS) is 12.6. The monoisotopic (exact) mass is 351 g/mol. The molecule has 6 heteroatoms. The summed E-state index contributed by atoms with van der Waals surface area (Å²) in [6, 6.07) is 10.1. The van der Waals surface area contributed by atoms with Crippen LogP contribution in [0, 0.1) is 13.8 Å². The minimum absolute atomic E-state index is 0.0857. The van der Waals surface area contributed by atoms with Gasteiger partial charge in [-0.15, -0.1) is 0 Å². The number of anilines is 1. The van der Waals surface area contributed by atoms with E-state index in [0.717, 1.165) is 23.3 Å². The van der Waals surface area contributed by atoms with Crippen LogP contribution in [0.15, 0.2) is 42.5 Å². The molecule has 0 aliphatic heterocycles. The third-order valence-corrected chi connectivity index (χ3v) is 3.72. The summed E-state index contributed by atoms with van der Waals surface area (Å²) in [5.41, 5.74) is 1.24. The number of halogens is 3. The number of hydrogen-bond donors (Lipinski definition) is 1. The molecule has 0 unspecified atom stereocenters. The van der Waals surface area contributed by atoms with Gasteiger partial charge in [0.2, 0.25) is 0 Å². The zero-order valence-electron chi connectivity index (χ0n) is 14.3. The molecule has 0 fully saturated rings. The third kappa shape index (κ3) is 4.98. The van der Waals surface area contributed by atoms with Gasteiger partial charge in [0.25, 0.3) is 5.91 Å². The minimum Gasteiger partial charge on any atom is -0.480 e. The summed E-state index contributed by atoms with van der Waals surface area (Å²) in [5, 5.41) is 2.49. The lowest BCUT2D eigenvalue weighted by Crippen LogP contribution is -2.32. The van der Waals surface area contributed by atoms with Crippen LogP contribution >= 0.6 is 0 Å². The van der Waals surface area contributed by atoms with Crippen molar-refractivity contribution in [1.82, 2.24) is 0 Å². The second kappa shape index (κ2) is 7.59. The SMILES string of the molecule is CC[C@@H](Oc1ccc(C)cc1C)C(=O)Nc1cccc(C(F)(F)F)c1. The molecular formula is C19H20F3NO2. The molecule has 3 nitrogen and oxygen atoms in total. The van der Waals surface area contributed by atoms with Crippen molar-refractivity contribution < 1.29 is 22.7 Å². The third-order valence-electron chi connectivity index (χ3n) is 3.72. The fourth-order valence-electron chi connectivity index (χ4n) is 2.40. The number of amides is 1. The first-order valence-corrected chi connectivity index (χ1v) is 7.92. The van der Waals surface area contributed by atoms with Crippen LogP contribution in [0.3, 0.4) is 0 Å². The zero-order valence-corrected chi connectivity index (χ0v) is 14.3. The first-order chi connectivity index (χ1) is 11.7. The lowest BCUT2D eigenvalue weighted by Gasteiger charge is -2.19. The van der Waals surface area contributed by atoms with Crippen LogP contribution in [0.25, 0.3) is 0 Å². The Morgan fingerprint density at radius 3 is 2.48 bits per heavy atom. The molecule has 0 radical (unpaired) electrons. The fourth-order valence-corrected chi connectivity index (χ4v) is 2.40. The van der Waals surface area contributed by atoms with E-state index in [1.54, 1.807) is 13.0 Å². The summed E-state index contributed by atoms with van der Waals surface area (Å²) < 4.78 is 44.0. The Bertz CT molecular complexity index is 757. The lowest BCUT2D eigenvalue weighted by molar-refractivity contribution is -0.137. The van der Waals surface area contributed by atoms with Gasteiger partial charge in [0, 0.05) is 5.69 Å². The van der Waals surface area contributed by atoms with Gasteiger partial charge in [-0.2, -0.15) is 13.2 Å². The zero-order chi connectivity index (χ0) is 18.6. The Kier molecular flexibility index (Phi) is 5.72. The van der Waals surface area contributed by atoms with E-state index >= 15 is 0 Å². The number of nitrogens with one attached hydrogen (secondary N) is 1. The van der Waals surface area contributed by atoms with Gasteiger partial charge in [0.1, 0.15) is 5.75 Å². The number of ether oxygens (including phenoxy) is 1. The molecule has 1 atom stereocenters. The van der Waals surface area contributed by atoms with E-state index in [1.165, 1.54) is 12.1 Å². The van der Waals surface area contributed by atoms with E-state index in [-0.39, 0.29) is 5.69 Å². The Hall–Kier alpha value is -2.50. The van der Waals surface area contributed by atoms with E-state index in [0.29, 0.717) is 12.2 Å². The maximum Gasteiger partial charge on any atom is 0.416 e. The highest BCUT2D eigenvalue weighted by Gasteiger charge is 2.30. The number of aryl methyl sites for hydroxylation is 2. The number of carbonyl (C=O) groups is 1. The Balaban J connectivity index is 2.12. The standard InChI is InChI=1S/C19H20F3NO2/c1-4-16(25-17-9-8-12(2)10-13(17)3)18(24)23-15-7-5-6-14(11-15)19(20,21)22/h5-11,16H,4H2,1-3H3,(H,23,24)/t16-/m1/s1. The molecule has 0 saturated carbocycles. The van der Waals surface area contributed by atoms with Gasteiger partial charge in [-0.25, -0.2) is 0 Å². The Morgan fingerprint density at radius 1 is 1.16 bits per heavy atom. The largest absolute Gasteiger partial charge is 0.480 e. The smallest absolute Gasteiger partial charge is 0.416 e. The predicted molar refractivity (Wildman–Crippen MR) is 90.7 cm³/mol. The van der Waals surface area contributed by atoms with Crippen LogP contribution in [0.5, 0.6) is 5.75 Å². The number of benzene rings is 2. The predicted octanol–water partition coefficient (Wildman–Crippen LogP) is 5.12. The lowest BCUT2D eigenvalue weighted by atomic mass is 10.1. The Morgan fingerprint density at radius 2 is 1.88 bits per heavy atom. The molecule has 25 heavy (non-hydrogen) atoms. The molecule has 0 bridgehead atoms. The molecule has 0 aromatic heterocycles. The first kappa shape index (κ1) is 18.8. The van der Waals surface area contributed by atoms with Crippen molar-refractivity contribution in [3.8, 4) is 5.75 Å². The molecule has 2 rings (SSSR count). The molecule has 0 saturated heterocycles. The molecule has 134 valence electrons. The highest BCUT2D eigenvalue weighted by molar-refractivity contribution is 5.94. The summed E-state index contributed by atoms with van der Waals surface area (Å²) in [7, 11) is 0. The molecule has 0 aliphatic rings. The van der Waals surface area contributed by atoms with Crippen LogP contribution in [0.2, 0.25) is 0 Å². The van der Waals surface area contributed by atoms with Crippen molar-refractivity contribution >= 4 is 11.6 Å². The van der Waals surface area contributed by atoms with Crippen molar-refractivity contribution in [3.05, 3.63) is 59.2 Å². The first-order valence-electron chi connectivity index (χ1n) is 7.92. The summed E-state index contributed by atoms with van der Waals surface area (Å²) >= 11 is 0. The fraction of sp³-hybridized carbons (Fsp3) is 0.316. The van der Waals surface area contributed by atoms with Crippen LogP contribution in [-0.2, 0) is 11.0 Å². The summed E-state index contributed by atoms with van der Waals surface area (Å²) in [4.78, 5) is 12.4. The molecular weight excluding hydrogens is 331 g/mol. The summed E-state index contributed by atoms with van der Waals surface area (Å²) in [6.45, 7) is 5.61. The van der Waals surface area contributed by atoms with Crippen molar-refractivity contribution in [1.29, 1.82) is 0 Å². The van der Waals surface area contributed by atoms with E-state index in [4.69, 9.17) is 4.74 Å². The van der Waals surface area contributed by atoms with Gasteiger partial charge in [-0.1, -0.05) is 30.7 Å². The molecule has 0 aliphatic carbocycles. The van der Waals surface area contributed by atoms with Crippen molar-refractivity contribution in [2.75, 3.05) is 5.32 Å². The second-order valence-corrected chi connectivity index (χ2v) is 5.85. The van der Waals surface area contributed by atoms with Gasteiger partial charge < -0.3 is 10.1 Å². The average molecular weight is 351 g/mol. The van der Waals surface area contributed by atoms with Crippen molar-refractivity contribution in [2.24, 2.45) is 0 Å². The maximum atomic E-state index is 12.8. The molecule has 1 N–H and O–H groups in total. The highest BCUT2D eigenvalue weighted by Crippen LogP contribution is 2.30. The number of hydrogen-bond acceptors (Lipinski definition) is 2. The highest BCUT2D eigenvalue weighted by atomic mass is 19.4. The van der Waals surface area contributed by atoms with E-state index < -0.39 is 23.8 Å². The van der Waals surface area contributed by atoms with Gasteiger partial charge in [0.05, 0.1) is 5.56 Å². The van der Waals surface area contributed by atoms with E-state index in [2.05, 4.69) is 5.32 Å². The van der Waals surface area contributed by atoms with Crippen LogP contribution in [0.1, 0.15) is 30.0 Å². The molecule has 0 spiro atoms. The van der Waals surface area contributed by atoms with Crippen molar-refractivity contribution in [3.63, 3.8) is 0 Å². The maximum absolute atomic E-state index is 12.8. The second-order valence-electron chi connectivity index (χ2n) is 5.85. The van der Waals surface area contributed by atoms with Gasteiger partial charge in [-0.05, 0) is 50.1 Å². The molecule has 2 aromatic carbocycles. The van der Waals surface area contributed by atoms with Gasteiger partial charge in [-0.3, -0.25) is 4.79 Å². The van der Waals surface area contributed by atoms with E-state index in [1.807, 2.05) is 26.0 Å². The van der Waals surface area contributed by atoms with Crippen LogP contribution < -0.4 is 10.1 Å². The number of alkyl halides is 3. The van der Waals surface area contributed by atoms with Gasteiger partial charge >= 0.3 is 6.18 Å². The quantitative estimate of drug-likeness (QED) is 0.812. The van der Waals surface area contributed by atoms with Gasteiger partial charge in [0.15, 0.2) is 6.10 Å². The molecule has 0 heterocycles. The van der Waals surface area contributed by atoms with Crippen molar-refractivity contribution in [2.45, 2.75) is 39.5 Å². The molecule has 1 amide bonds. The summed E-state index contributed by atoms with van der Waals surface area (Å²) in [5.74, 6) is 0.0958. The topological polar surface area (TPSA) is 38.3 Å². The van der Waals surface area contributed by atoms with Crippen LogP contribution in [0.4, 0.5) is 18.9 Å². The minimum atomic E-state index is -4.46. The number of carbonyl (C=O) groups excluding carboxylic acids is 1. The Labute approximate surface area is 144 Å². The van der Waals surface area contributed by atoms with Crippen LogP contribution in [-0.4, -0.2) is 12.0 Å². The van der Waals surface area contributed by atoms with E-state index in [9.17, 15) is 18.0 Å².